The highest BCUT2D eigenvalue weighted by Gasteiger charge is 2.47. The molecule has 8 unspecified atom stereocenters. The van der Waals surface area contributed by atoms with Gasteiger partial charge in [0.05, 0.1) is 25.4 Å². The van der Waals surface area contributed by atoms with E-state index < -0.39 is 67.4 Å². The molecule has 436 valence electrons. The molecular weight excluding hydrogens is 943 g/mol. The van der Waals surface area contributed by atoms with Gasteiger partial charge < -0.3 is 45.1 Å². The average molecular weight is 1060 g/mol. The fourth-order valence-electron chi connectivity index (χ4n) is 9.40. The number of nitrogens with one attached hydrogen (secondary N) is 1. The summed E-state index contributed by atoms with van der Waals surface area (Å²) >= 11 is 0. The zero-order chi connectivity index (χ0) is 54.7. The maximum Gasteiger partial charge on any atom is 0.306 e. The topological polar surface area (TPSA) is 175 Å². The lowest BCUT2D eigenvalue weighted by Gasteiger charge is -2.41. The zero-order valence-corrected chi connectivity index (χ0v) is 48.2. The molecule has 1 aliphatic heterocycles. The molecule has 6 N–H and O–H groups in total. The molecule has 0 aromatic rings. The van der Waals surface area contributed by atoms with E-state index in [0.29, 0.717) is 12.8 Å². The van der Waals surface area contributed by atoms with Crippen molar-refractivity contribution >= 4 is 11.9 Å². The number of allylic oxidation sites excluding steroid dienone is 9. The van der Waals surface area contributed by atoms with Gasteiger partial charge in [0.25, 0.3) is 0 Å². The molecule has 0 bridgehead atoms. The van der Waals surface area contributed by atoms with E-state index in [1.54, 1.807) is 6.08 Å². The number of unbranched alkanes of at least 4 members (excludes halogenated alkanes) is 30. The third-order valence-corrected chi connectivity index (χ3v) is 14.4. The van der Waals surface area contributed by atoms with E-state index in [1.807, 2.05) is 6.08 Å². The summed E-state index contributed by atoms with van der Waals surface area (Å²) in [5, 5.41) is 56.9. The number of aliphatic hydroxyl groups excluding tert-OH is 5. The molecule has 75 heavy (non-hydrogen) atoms. The third kappa shape index (κ3) is 40.2. The summed E-state index contributed by atoms with van der Waals surface area (Å²) in [4.78, 5) is 26.5. The second-order valence-electron chi connectivity index (χ2n) is 21.4. The Labute approximate surface area is 458 Å². The van der Waals surface area contributed by atoms with Crippen molar-refractivity contribution in [1.82, 2.24) is 5.32 Å². The van der Waals surface area contributed by atoms with Crippen LogP contribution in [0.5, 0.6) is 0 Å². The van der Waals surface area contributed by atoms with Crippen LogP contribution in [0, 0.1) is 0 Å². The minimum Gasteiger partial charge on any atom is -0.454 e. The SMILES string of the molecule is CCCC/C=C\CCCCCCCC(=O)OC1C(OCC(NC(=O)C(O)CCCCCCCCCCC/C=C\C/C=C\C/C=C\CCCCC)C(O)/C=C/CCCCCCCCCCCCC)OC(CO)C(O)C1O. The van der Waals surface area contributed by atoms with Crippen molar-refractivity contribution in [3.05, 3.63) is 60.8 Å². The molecular formula is C64H115NO10. The maximum absolute atomic E-state index is 13.4. The molecule has 11 heteroatoms. The first-order valence-corrected chi connectivity index (χ1v) is 31.1. The molecule has 1 fully saturated rings. The molecule has 0 aromatic heterocycles. The molecule has 1 heterocycles. The van der Waals surface area contributed by atoms with Crippen molar-refractivity contribution in [2.24, 2.45) is 0 Å². The highest BCUT2D eigenvalue weighted by molar-refractivity contribution is 5.80. The Morgan fingerprint density at radius 1 is 0.520 bits per heavy atom. The summed E-state index contributed by atoms with van der Waals surface area (Å²) in [5.41, 5.74) is 0. The molecule has 0 saturated carbocycles. The van der Waals surface area contributed by atoms with E-state index in [0.717, 1.165) is 96.3 Å². The Morgan fingerprint density at radius 2 is 0.933 bits per heavy atom. The van der Waals surface area contributed by atoms with E-state index in [1.165, 1.54) is 128 Å². The molecule has 0 aliphatic carbocycles. The number of hydrogen-bond acceptors (Lipinski definition) is 10. The highest BCUT2D eigenvalue weighted by Crippen LogP contribution is 2.26. The van der Waals surface area contributed by atoms with Gasteiger partial charge in [0, 0.05) is 6.42 Å². The van der Waals surface area contributed by atoms with Crippen LogP contribution in [0.1, 0.15) is 271 Å². The van der Waals surface area contributed by atoms with Crippen molar-refractivity contribution in [2.45, 2.75) is 320 Å². The van der Waals surface area contributed by atoms with Crippen LogP contribution in [0.4, 0.5) is 0 Å². The first kappa shape index (κ1) is 70.4. The van der Waals surface area contributed by atoms with Gasteiger partial charge in [0.2, 0.25) is 5.91 Å². The molecule has 1 amide bonds. The van der Waals surface area contributed by atoms with Gasteiger partial charge >= 0.3 is 5.97 Å². The highest BCUT2D eigenvalue weighted by atomic mass is 16.7. The Kier molecular flexibility index (Phi) is 48.9. The van der Waals surface area contributed by atoms with Crippen LogP contribution in [-0.2, 0) is 23.8 Å². The van der Waals surface area contributed by atoms with E-state index in [9.17, 15) is 35.1 Å². The molecule has 8 atom stereocenters. The van der Waals surface area contributed by atoms with E-state index in [4.69, 9.17) is 14.2 Å². The van der Waals surface area contributed by atoms with Gasteiger partial charge in [-0.1, -0.05) is 242 Å². The Morgan fingerprint density at radius 3 is 1.45 bits per heavy atom. The Balaban J connectivity index is 2.66. The maximum atomic E-state index is 13.4. The lowest BCUT2D eigenvalue weighted by Crippen LogP contribution is -2.61. The molecule has 11 nitrogen and oxygen atoms in total. The Hall–Kier alpha value is -2.64. The lowest BCUT2D eigenvalue weighted by molar-refractivity contribution is -0.305. The van der Waals surface area contributed by atoms with E-state index >= 15 is 0 Å². The Bertz CT molecular complexity index is 1450. The number of rotatable bonds is 52. The van der Waals surface area contributed by atoms with Crippen LogP contribution < -0.4 is 5.32 Å². The van der Waals surface area contributed by atoms with Crippen LogP contribution in [0.15, 0.2) is 60.8 Å². The van der Waals surface area contributed by atoms with Gasteiger partial charge in [-0.05, 0) is 83.5 Å². The quantitative estimate of drug-likeness (QED) is 0.0195. The van der Waals surface area contributed by atoms with Crippen molar-refractivity contribution in [3.63, 3.8) is 0 Å². The van der Waals surface area contributed by atoms with Gasteiger partial charge in [0.1, 0.15) is 24.4 Å². The van der Waals surface area contributed by atoms with Crippen molar-refractivity contribution in [2.75, 3.05) is 13.2 Å². The summed E-state index contributed by atoms with van der Waals surface area (Å²) < 4.78 is 17.6. The number of aliphatic hydroxyl groups is 5. The summed E-state index contributed by atoms with van der Waals surface area (Å²) in [6, 6.07) is -1.03. The van der Waals surface area contributed by atoms with E-state index in [-0.39, 0.29) is 19.4 Å². The molecule has 1 aliphatic rings. The van der Waals surface area contributed by atoms with Crippen molar-refractivity contribution in [1.29, 1.82) is 0 Å². The smallest absolute Gasteiger partial charge is 0.306 e. The second-order valence-corrected chi connectivity index (χ2v) is 21.4. The number of carbonyl (C=O) groups is 2. The number of carbonyl (C=O) groups excluding carboxylic acids is 2. The first-order valence-electron chi connectivity index (χ1n) is 31.1. The standard InChI is InChI=1S/C64H115NO10/c1-4-7-10-13-16-19-22-24-25-26-27-28-29-30-31-32-34-37-39-42-45-48-51-57(68)63(72)65-55(56(67)50-47-44-41-38-36-33-23-20-17-14-11-8-5-2)54-73-64-62(61(71)60(70)58(53-66)74-64)75-59(69)52-49-46-43-40-35-21-18-15-12-9-6-3/h15-16,18-19,24-25,27-28,47,50,55-58,60-62,64,66-68,70-71H,4-14,17,20-23,26,29-46,48-49,51-54H2,1-3H3,(H,65,72)/b18-15-,19-16-,25-24-,28-27-,50-47+. The minimum absolute atomic E-state index is 0.112. The first-order chi connectivity index (χ1) is 36.7. The number of ether oxygens (including phenoxy) is 3. The van der Waals surface area contributed by atoms with Gasteiger partial charge in [-0.2, -0.15) is 0 Å². The number of hydrogen-bond donors (Lipinski definition) is 6. The normalized spacial score (nSPS) is 19.6. The van der Waals surface area contributed by atoms with Crippen LogP contribution >= 0.6 is 0 Å². The zero-order valence-electron chi connectivity index (χ0n) is 48.2. The van der Waals surface area contributed by atoms with Gasteiger partial charge in [-0.3, -0.25) is 9.59 Å². The molecule has 1 saturated heterocycles. The van der Waals surface area contributed by atoms with Crippen molar-refractivity contribution < 1.29 is 49.3 Å². The summed E-state index contributed by atoms with van der Waals surface area (Å²) in [6.45, 7) is 5.71. The average Bonchev–Trinajstić information content (AvgIpc) is 3.41. The van der Waals surface area contributed by atoms with Gasteiger partial charge in [-0.15, -0.1) is 0 Å². The summed E-state index contributed by atoms with van der Waals surface area (Å²) in [7, 11) is 0. The fraction of sp³-hybridized carbons (Fsp3) is 0.812. The summed E-state index contributed by atoms with van der Waals surface area (Å²) in [6.07, 6.45) is 54.1. The van der Waals surface area contributed by atoms with Gasteiger partial charge in [-0.25, -0.2) is 0 Å². The van der Waals surface area contributed by atoms with Crippen LogP contribution in [0.2, 0.25) is 0 Å². The van der Waals surface area contributed by atoms with Crippen molar-refractivity contribution in [3.8, 4) is 0 Å². The minimum atomic E-state index is -1.62. The molecule has 0 spiro atoms. The van der Waals surface area contributed by atoms with Crippen LogP contribution in [0.3, 0.4) is 0 Å². The molecule has 1 rings (SSSR count). The predicted molar refractivity (Wildman–Crippen MR) is 310 cm³/mol. The van der Waals surface area contributed by atoms with E-state index in [2.05, 4.69) is 74.7 Å². The monoisotopic (exact) mass is 1060 g/mol. The molecule has 0 aromatic carbocycles. The third-order valence-electron chi connectivity index (χ3n) is 14.4. The fourth-order valence-corrected chi connectivity index (χ4v) is 9.40. The van der Waals surface area contributed by atoms with Crippen LogP contribution in [-0.4, -0.2) is 99.6 Å². The largest absolute Gasteiger partial charge is 0.454 e. The lowest BCUT2D eigenvalue weighted by atomic mass is 9.99. The van der Waals surface area contributed by atoms with Crippen LogP contribution in [0.25, 0.3) is 0 Å². The number of amides is 1. The molecule has 0 radical (unpaired) electrons. The summed E-state index contributed by atoms with van der Waals surface area (Å²) in [5.74, 6) is -1.21. The predicted octanol–water partition coefficient (Wildman–Crippen LogP) is 14.6. The second kappa shape index (κ2) is 52.1. The number of esters is 1. The van der Waals surface area contributed by atoms with Gasteiger partial charge in [0.15, 0.2) is 12.4 Å².